The summed E-state index contributed by atoms with van der Waals surface area (Å²) < 4.78 is 32.9. The standard InChI is InChI=1S/C38H41ClN4O8S/c1-25-19-20-30(31(39)22-25)35-34(28-15-6-7-16-29(28)37(45)43(35)33-18-9-8-17-32(33)42-52(2,48)49)36(44)41-51-21-11-10-12-26(23-40-47)24-50-38(46)27-13-4-3-5-14-27/h3-7,10-16,19-20,22-23,32-35,42,47H,8-9,17-18,21,24H2,1-2H3,(H,41,44)/b11-10+,26-12+,40-23?/t32?,33-,34+,35-/m0/s1. The molecule has 1 aliphatic carbocycles. The summed E-state index contributed by atoms with van der Waals surface area (Å²) in [5.74, 6) is -2.35. The van der Waals surface area contributed by atoms with Gasteiger partial charge >= 0.3 is 5.97 Å². The molecule has 1 heterocycles. The van der Waals surface area contributed by atoms with E-state index in [-0.39, 0.29) is 19.1 Å². The van der Waals surface area contributed by atoms with Crippen LogP contribution in [0.4, 0.5) is 0 Å². The third-order valence-corrected chi connectivity index (χ3v) is 10.0. The lowest BCUT2D eigenvalue weighted by Gasteiger charge is -2.49. The molecule has 1 aliphatic heterocycles. The molecule has 14 heteroatoms. The van der Waals surface area contributed by atoms with Crippen molar-refractivity contribution in [2.45, 2.75) is 56.7 Å². The molecule has 1 unspecified atom stereocenters. The summed E-state index contributed by atoms with van der Waals surface area (Å²) in [4.78, 5) is 48.1. The predicted octanol–water partition coefficient (Wildman–Crippen LogP) is 5.64. The van der Waals surface area contributed by atoms with Gasteiger partial charge in [-0.3, -0.25) is 14.4 Å². The molecule has 2 aliphatic rings. The minimum absolute atomic E-state index is 0.0640. The lowest BCUT2D eigenvalue weighted by atomic mass is 9.76. The second-order valence-electron chi connectivity index (χ2n) is 12.7. The number of amides is 2. The Morgan fingerprint density at radius 1 is 1.04 bits per heavy atom. The van der Waals surface area contributed by atoms with E-state index in [1.54, 1.807) is 89.9 Å². The number of ether oxygens (including phenoxy) is 1. The highest BCUT2D eigenvalue weighted by Crippen LogP contribution is 2.47. The van der Waals surface area contributed by atoms with Gasteiger partial charge in [-0.15, -0.1) is 0 Å². The number of nitrogens with zero attached hydrogens (tertiary/aromatic N) is 2. The van der Waals surface area contributed by atoms with Crippen molar-refractivity contribution in [2.24, 2.45) is 5.16 Å². The fourth-order valence-electron chi connectivity index (χ4n) is 6.74. The summed E-state index contributed by atoms with van der Waals surface area (Å²) in [7, 11) is -3.61. The lowest BCUT2D eigenvalue weighted by Crippen LogP contribution is -2.59. The van der Waals surface area contributed by atoms with Crippen molar-refractivity contribution in [1.82, 2.24) is 15.1 Å². The zero-order valence-corrected chi connectivity index (χ0v) is 30.3. The predicted molar refractivity (Wildman–Crippen MR) is 197 cm³/mol. The summed E-state index contributed by atoms with van der Waals surface area (Å²) in [5, 5.41) is 12.5. The SMILES string of the molecule is Cc1ccc([C@H]2[C@H](C(=O)NOC/C=C/C=C(\C=NO)COC(=O)c3ccccc3)c3ccccc3C(=O)N2[C@H]2CCCCC2NS(C)(=O)=O)c(Cl)c1. The number of rotatable bonds is 13. The molecular formula is C38H41ClN4O8S. The van der Waals surface area contributed by atoms with Gasteiger partial charge in [0.1, 0.15) is 6.61 Å². The van der Waals surface area contributed by atoms with E-state index in [1.807, 2.05) is 13.0 Å². The molecule has 5 rings (SSSR count). The summed E-state index contributed by atoms with van der Waals surface area (Å²) in [6.07, 6.45) is 9.58. The number of oxime groups is 1. The molecule has 0 aromatic heterocycles. The van der Waals surface area contributed by atoms with Crippen LogP contribution in [0.25, 0.3) is 0 Å². The number of allylic oxidation sites excluding steroid dienone is 2. The Bertz CT molecular complexity index is 1970. The van der Waals surface area contributed by atoms with E-state index in [2.05, 4.69) is 15.4 Å². The molecule has 3 N–H and O–H groups in total. The summed E-state index contributed by atoms with van der Waals surface area (Å²) in [6.45, 7) is 1.67. The van der Waals surface area contributed by atoms with Gasteiger partial charge in [0.25, 0.3) is 11.8 Å². The summed E-state index contributed by atoms with van der Waals surface area (Å²) in [5.41, 5.74) is 5.59. The summed E-state index contributed by atoms with van der Waals surface area (Å²) in [6, 6.07) is 18.8. The van der Waals surface area contributed by atoms with E-state index >= 15 is 0 Å². The van der Waals surface area contributed by atoms with Gasteiger partial charge in [0.05, 0.1) is 36.6 Å². The zero-order chi connectivity index (χ0) is 37.3. The molecule has 0 bridgehead atoms. The Kier molecular flexibility index (Phi) is 13.0. The van der Waals surface area contributed by atoms with E-state index < -0.39 is 45.9 Å². The van der Waals surface area contributed by atoms with Crippen molar-refractivity contribution >= 4 is 45.6 Å². The maximum atomic E-state index is 14.4. The average Bonchev–Trinajstić information content (AvgIpc) is 3.12. The third-order valence-electron chi connectivity index (χ3n) is 8.99. The number of halogens is 1. The molecule has 52 heavy (non-hydrogen) atoms. The number of carbonyl (C=O) groups is 3. The number of fused-ring (bicyclic) bond motifs is 1. The van der Waals surface area contributed by atoms with Gasteiger partial charge in [0.15, 0.2) is 0 Å². The van der Waals surface area contributed by atoms with Gasteiger partial charge in [-0.1, -0.05) is 96.4 Å². The smallest absolute Gasteiger partial charge is 0.338 e. The second kappa shape index (κ2) is 17.6. The molecule has 12 nitrogen and oxygen atoms in total. The number of nitrogens with one attached hydrogen (secondary N) is 2. The first-order valence-corrected chi connectivity index (χ1v) is 19.1. The number of hydrogen-bond donors (Lipinski definition) is 3. The molecule has 0 radical (unpaired) electrons. The van der Waals surface area contributed by atoms with Crippen LogP contribution in [0.15, 0.2) is 102 Å². The Balaban J connectivity index is 1.38. The molecule has 0 saturated heterocycles. The minimum atomic E-state index is -3.61. The first-order chi connectivity index (χ1) is 25.0. The quantitative estimate of drug-likeness (QED) is 0.0505. The van der Waals surface area contributed by atoms with Crippen LogP contribution in [-0.4, -0.2) is 74.1 Å². The Labute approximate surface area is 308 Å². The fourth-order valence-corrected chi connectivity index (χ4v) is 7.91. The van der Waals surface area contributed by atoms with Crippen molar-refractivity contribution in [1.29, 1.82) is 0 Å². The minimum Gasteiger partial charge on any atom is -0.457 e. The fraction of sp³-hybridized carbons (Fsp3) is 0.316. The second-order valence-corrected chi connectivity index (χ2v) is 14.9. The average molecular weight is 749 g/mol. The van der Waals surface area contributed by atoms with Gasteiger partial charge in [0.2, 0.25) is 10.0 Å². The first-order valence-electron chi connectivity index (χ1n) is 16.8. The Morgan fingerprint density at radius 2 is 1.77 bits per heavy atom. The monoisotopic (exact) mass is 748 g/mol. The van der Waals surface area contributed by atoms with Crippen LogP contribution < -0.4 is 10.2 Å². The van der Waals surface area contributed by atoms with Crippen molar-refractivity contribution in [3.63, 3.8) is 0 Å². The number of sulfonamides is 1. The zero-order valence-electron chi connectivity index (χ0n) is 28.8. The first kappa shape index (κ1) is 38.4. The molecule has 3 aromatic rings. The van der Waals surface area contributed by atoms with Gasteiger partial charge < -0.3 is 14.8 Å². The number of carbonyl (C=O) groups excluding carboxylic acids is 3. The highest BCUT2D eigenvalue weighted by atomic mass is 35.5. The van der Waals surface area contributed by atoms with Gasteiger partial charge in [-0.25, -0.2) is 23.4 Å². The summed E-state index contributed by atoms with van der Waals surface area (Å²) >= 11 is 6.86. The van der Waals surface area contributed by atoms with Crippen molar-refractivity contribution in [3.8, 4) is 0 Å². The highest BCUT2D eigenvalue weighted by molar-refractivity contribution is 7.88. The number of hydroxylamine groups is 1. The normalized spacial score (nSPS) is 20.9. The number of esters is 1. The molecule has 1 fully saturated rings. The highest BCUT2D eigenvalue weighted by Gasteiger charge is 2.49. The maximum Gasteiger partial charge on any atom is 0.338 e. The molecule has 0 spiro atoms. The number of hydrogen-bond acceptors (Lipinski definition) is 9. The Hall–Kier alpha value is -4.82. The van der Waals surface area contributed by atoms with Gasteiger partial charge in [-0.2, -0.15) is 0 Å². The van der Waals surface area contributed by atoms with Crippen molar-refractivity contribution < 1.29 is 37.6 Å². The lowest BCUT2D eigenvalue weighted by molar-refractivity contribution is -0.136. The third kappa shape index (κ3) is 9.53. The van der Waals surface area contributed by atoms with Crippen LogP contribution in [0.2, 0.25) is 5.02 Å². The van der Waals surface area contributed by atoms with Crippen LogP contribution in [-0.2, 0) is 24.4 Å². The van der Waals surface area contributed by atoms with Crippen LogP contribution >= 0.6 is 11.6 Å². The Morgan fingerprint density at radius 3 is 2.50 bits per heavy atom. The number of aryl methyl sites for hydroxylation is 1. The topological polar surface area (TPSA) is 164 Å². The van der Waals surface area contributed by atoms with Gasteiger partial charge in [0, 0.05) is 28.2 Å². The molecule has 4 atom stereocenters. The van der Waals surface area contributed by atoms with Crippen LogP contribution in [0.5, 0.6) is 0 Å². The van der Waals surface area contributed by atoms with E-state index in [0.29, 0.717) is 45.7 Å². The van der Waals surface area contributed by atoms with Crippen molar-refractivity contribution in [2.75, 3.05) is 19.5 Å². The number of benzene rings is 3. The molecular weight excluding hydrogens is 708 g/mol. The van der Waals surface area contributed by atoms with Crippen LogP contribution in [0.3, 0.4) is 0 Å². The van der Waals surface area contributed by atoms with Gasteiger partial charge in [-0.05, 0) is 60.7 Å². The van der Waals surface area contributed by atoms with E-state index in [4.69, 9.17) is 26.4 Å². The van der Waals surface area contributed by atoms with Crippen LogP contribution in [0.1, 0.15) is 75.0 Å². The molecule has 3 aromatic carbocycles. The van der Waals surface area contributed by atoms with Crippen LogP contribution in [0, 0.1) is 6.92 Å². The maximum absolute atomic E-state index is 14.4. The van der Waals surface area contributed by atoms with E-state index in [9.17, 15) is 22.8 Å². The molecule has 2 amide bonds. The van der Waals surface area contributed by atoms with Crippen molar-refractivity contribution in [3.05, 3.63) is 129 Å². The molecule has 274 valence electrons. The van der Waals surface area contributed by atoms with E-state index in [1.165, 1.54) is 0 Å². The largest absolute Gasteiger partial charge is 0.457 e. The molecule has 1 saturated carbocycles. The van der Waals surface area contributed by atoms with E-state index in [0.717, 1.165) is 30.9 Å².